The Labute approximate surface area is 117 Å². The SMILES string of the molecule is Cc1cc(F)ccc1NC(=O)c1ccc(CCN)cc1. The van der Waals surface area contributed by atoms with Crippen LogP contribution in [0.3, 0.4) is 0 Å². The number of carbonyl (C=O) groups is 1. The zero-order valence-electron chi connectivity index (χ0n) is 11.3. The van der Waals surface area contributed by atoms with E-state index in [1.54, 1.807) is 25.1 Å². The quantitative estimate of drug-likeness (QED) is 0.899. The molecule has 0 aliphatic heterocycles. The van der Waals surface area contributed by atoms with Crippen molar-refractivity contribution < 1.29 is 9.18 Å². The van der Waals surface area contributed by atoms with Gasteiger partial charge >= 0.3 is 0 Å². The zero-order valence-corrected chi connectivity index (χ0v) is 11.3. The molecule has 0 fully saturated rings. The molecule has 0 saturated heterocycles. The van der Waals surface area contributed by atoms with Crippen LogP contribution in [-0.4, -0.2) is 12.5 Å². The van der Waals surface area contributed by atoms with Gasteiger partial charge in [-0.3, -0.25) is 4.79 Å². The number of anilines is 1. The van der Waals surface area contributed by atoms with Crippen LogP contribution in [0.2, 0.25) is 0 Å². The summed E-state index contributed by atoms with van der Waals surface area (Å²) in [5, 5.41) is 2.77. The summed E-state index contributed by atoms with van der Waals surface area (Å²) >= 11 is 0. The molecule has 4 heteroatoms. The highest BCUT2D eigenvalue weighted by Crippen LogP contribution is 2.17. The number of carbonyl (C=O) groups excluding carboxylic acids is 1. The fraction of sp³-hybridized carbons (Fsp3) is 0.188. The molecule has 2 aromatic rings. The van der Waals surface area contributed by atoms with E-state index in [1.165, 1.54) is 12.1 Å². The van der Waals surface area contributed by atoms with Gasteiger partial charge in [0.05, 0.1) is 0 Å². The van der Waals surface area contributed by atoms with Gasteiger partial charge in [-0.25, -0.2) is 4.39 Å². The highest BCUT2D eigenvalue weighted by molar-refractivity contribution is 6.04. The Balaban J connectivity index is 2.11. The van der Waals surface area contributed by atoms with Crippen molar-refractivity contribution in [2.75, 3.05) is 11.9 Å². The fourth-order valence-corrected chi connectivity index (χ4v) is 1.95. The molecule has 2 aromatic carbocycles. The fourth-order valence-electron chi connectivity index (χ4n) is 1.95. The van der Waals surface area contributed by atoms with Crippen molar-refractivity contribution in [3.05, 3.63) is 65.0 Å². The highest BCUT2D eigenvalue weighted by Gasteiger charge is 2.08. The highest BCUT2D eigenvalue weighted by atomic mass is 19.1. The van der Waals surface area contributed by atoms with Crippen LogP contribution in [0.1, 0.15) is 21.5 Å². The molecule has 0 saturated carbocycles. The molecular weight excluding hydrogens is 255 g/mol. The predicted octanol–water partition coefficient (Wildman–Crippen LogP) is 2.89. The summed E-state index contributed by atoms with van der Waals surface area (Å²) in [6.45, 7) is 2.34. The van der Waals surface area contributed by atoms with Crippen molar-refractivity contribution in [1.82, 2.24) is 0 Å². The van der Waals surface area contributed by atoms with E-state index in [-0.39, 0.29) is 11.7 Å². The number of amides is 1. The minimum absolute atomic E-state index is 0.209. The van der Waals surface area contributed by atoms with Crippen LogP contribution in [0, 0.1) is 12.7 Å². The Kier molecular flexibility index (Phi) is 4.48. The Bertz CT molecular complexity index is 608. The predicted molar refractivity (Wildman–Crippen MR) is 78.3 cm³/mol. The van der Waals surface area contributed by atoms with Gasteiger partial charge in [-0.05, 0) is 61.3 Å². The second-order valence-electron chi connectivity index (χ2n) is 4.65. The maximum Gasteiger partial charge on any atom is 0.255 e. The van der Waals surface area contributed by atoms with Gasteiger partial charge < -0.3 is 11.1 Å². The van der Waals surface area contributed by atoms with Crippen LogP contribution in [-0.2, 0) is 6.42 Å². The summed E-state index contributed by atoms with van der Waals surface area (Å²) in [6, 6.07) is 11.6. The number of rotatable bonds is 4. The van der Waals surface area contributed by atoms with Crippen molar-refractivity contribution in [2.45, 2.75) is 13.3 Å². The van der Waals surface area contributed by atoms with Gasteiger partial charge in [0.2, 0.25) is 0 Å². The Morgan fingerprint density at radius 2 is 1.90 bits per heavy atom. The Morgan fingerprint density at radius 1 is 1.20 bits per heavy atom. The third kappa shape index (κ3) is 3.42. The van der Waals surface area contributed by atoms with Crippen LogP contribution < -0.4 is 11.1 Å². The molecule has 0 unspecified atom stereocenters. The molecule has 0 aliphatic carbocycles. The number of hydrogen-bond acceptors (Lipinski definition) is 2. The molecular formula is C16H17FN2O. The van der Waals surface area contributed by atoms with Gasteiger partial charge in [0.15, 0.2) is 0 Å². The van der Waals surface area contributed by atoms with E-state index < -0.39 is 0 Å². The lowest BCUT2D eigenvalue weighted by atomic mass is 10.1. The summed E-state index contributed by atoms with van der Waals surface area (Å²) in [6.07, 6.45) is 0.791. The molecule has 0 bridgehead atoms. The van der Waals surface area contributed by atoms with Gasteiger partial charge in [0, 0.05) is 11.3 Å². The van der Waals surface area contributed by atoms with Gasteiger partial charge in [-0.1, -0.05) is 12.1 Å². The molecule has 104 valence electrons. The first kappa shape index (κ1) is 14.2. The molecule has 1 amide bonds. The van der Waals surface area contributed by atoms with Crippen LogP contribution in [0.4, 0.5) is 10.1 Å². The lowest BCUT2D eigenvalue weighted by Crippen LogP contribution is -2.13. The summed E-state index contributed by atoms with van der Waals surface area (Å²) in [5.41, 5.74) is 8.45. The van der Waals surface area contributed by atoms with Crippen LogP contribution in [0.15, 0.2) is 42.5 Å². The van der Waals surface area contributed by atoms with Crippen molar-refractivity contribution in [3.63, 3.8) is 0 Å². The van der Waals surface area contributed by atoms with Crippen LogP contribution >= 0.6 is 0 Å². The van der Waals surface area contributed by atoms with E-state index in [1.807, 2.05) is 12.1 Å². The van der Waals surface area contributed by atoms with Crippen molar-refractivity contribution in [2.24, 2.45) is 5.73 Å². The average Bonchev–Trinajstić information content (AvgIpc) is 2.43. The van der Waals surface area contributed by atoms with E-state index in [9.17, 15) is 9.18 Å². The molecule has 0 atom stereocenters. The molecule has 0 radical (unpaired) electrons. The largest absolute Gasteiger partial charge is 0.330 e. The van der Waals surface area contributed by atoms with Crippen molar-refractivity contribution >= 4 is 11.6 Å². The average molecular weight is 272 g/mol. The van der Waals surface area contributed by atoms with Gasteiger partial charge in [-0.2, -0.15) is 0 Å². The van der Waals surface area contributed by atoms with Gasteiger partial charge in [-0.15, -0.1) is 0 Å². The number of nitrogens with two attached hydrogens (primary N) is 1. The number of hydrogen-bond donors (Lipinski definition) is 2. The first-order valence-electron chi connectivity index (χ1n) is 6.46. The first-order valence-corrected chi connectivity index (χ1v) is 6.46. The monoisotopic (exact) mass is 272 g/mol. The molecule has 3 nitrogen and oxygen atoms in total. The first-order chi connectivity index (χ1) is 9.60. The minimum Gasteiger partial charge on any atom is -0.330 e. The molecule has 20 heavy (non-hydrogen) atoms. The number of nitrogens with one attached hydrogen (secondary N) is 1. The second-order valence-corrected chi connectivity index (χ2v) is 4.65. The lowest BCUT2D eigenvalue weighted by Gasteiger charge is -2.09. The molecule has 3 N–H and O–H groups in total. The summed E-state index contributed by atoms with van der Waals surface area (Å²) < 4.78 is 13.0. The maximum atomic E-state index is 13.0. The summed E-state index contributed by atoms with van der Waals surface area (Å²) in [5.74, 6) is -0.523. The third-order valence-electron chi connectivity index (χ3n) is 3.09. The van der Waals surface area contributed by atoms with Gasteiger partial charge in [0.25, 0.3) is 5.91 Å². The molecule has 0 heterocycles. The smallest absolute Gasteiger partial charge is 0.255 e. The van der Waals surface area contributed by atoms with E-state index >= 15 is 0 Å². The molecule has 0 aromatic heterocycles. The molecule has 0 spiro atoms. The standard InChI is InChI=1S/C16H17FN2O/c1-11-10-14(17)6-7-15(11)19-16(20)13-4-2-12(3-5-13)8-9-18/h2-7,10H,8-9,18H2,1H3,(H,19,20). The Morgan fingerprint density at radius 3 is 2.50 bits per heavy atom. The molecule has 0 aliphatic rings. The van der Waals surface area contributed by atoms with E-state index in [0.717, 1.165) is 12.0 Å². The van der Waals surface area contributed by atoms with Crippen LogP contribution in [0.25, 0.3) is 0 Å². The van der Waals surface area contributed by atoms with Gasteiger partial charge in [0.1, 0.15) is 5.82 Å². The van der Waals surface area contributed by atoms with E-state index in [2.05, 4.69) is 5.32 Å². The minimum atomic E-state index is -0.313. The third-order valence-corrected chi connectivity index (χ3v) is 3.09. The summed E-state index contributed by atoms with van der Waals surface area (Å²) in [7, 11) is 0. The maximum absolute atomic E-state index is 13.0. The number of aryl methyl sites for hydroxylation is 1. The van der Waals surface area contributed by atoms with Crippen LogP contribution in [0.5, 0.6) is 0 Å². The number of benzene rings is 2. The number of halogens is 1. The lowest BCUT2D eigenvalue weighted by molar-refractivity contribution is 0.102. The zero-order chi connectivity index (χ0) is 14.5. The summed E-state index contributed by atoms with van der Waals surface area (Å²) in [4.78, 5) is 12.1. The van der Waals surface area contributed by atoms with Crippen molar-refractivity contribution in [1.29, 1.82) is 0 Å². The Hall–Kier alpha value is -2.20. The normalized spacial score (nSPS) is 10.3. The van der Waals surface area contributed by atoms with Crippen molar-refractivity contribution in [3.8, 4) is 0 Å². The van der Waals surface area contributed by atoms with E-state index in [0.29, 0.717) is 23.4 Å². The topological polar surface area (TPSA) is 55.1 Å². The molecule has 2 rings (SSSR count). The second kappa shape index (κ2) is 6.30. The van der Waals surface area contributed by atoms with E-state index in [4.69, 9.17) is 5.73 Å².